The molecule has 1 heterocycles. The number of rotatable bonds is 2. The van der Waals surface area contributed by atoms with Crippen molar-refractivity contribution in [1.82, 2.24) is 4.90 Å². The first-order valence-corrected chi connectivity index (χ1v) is 9.95. The topological polar surface area (TPSA) is 66.6 Å². The molecular formula is C21H30N2O2. The van der Waals surface area contributed by atoms with Crippen LogP contribution in [0.25, 0.3) is 0 Å². The lowest BCUT2D eigenvalue weighted by Crippen LogP contribution is -2.50. The number of phenolic OH excluding ortho intramolecular Hbond substituents is 1. The van der Waals surface area contributed by atoms with Crippen molar-refractivity contribution < 1.29 is 9.90 Å². The lowest BCUT2D eigenvalue weighted by molar-refractivity contribution is -0.139. The smallest absolute Gasteiger partial charge is 0.225 e. The number of aromatic hydroxyl groups is 1. The number of carbonyl (C=O) groups excluding carboxylic acids is 1. The summed E-state index contributed by atoms with van der Waals surface area (Å²) in [6.07, 6.45) is 7.78. The van der Waals surface area contributed by atoms with E-state index in [2.05, 4.69) is 4.90 Å². The minimum Gasteiger partial charge on any atom is -0.508 e. The zero-order valence-electron chi connectivity index (χ0n) is 14.9. The number of amides is 1. The van der Waals surface area contributed by atoms with E-state index in [-0.39, 0.29) is 5.92 Å². The van der Waals surface area contributed by atoms with Crippen molar-refractivity contribution in [3.05, 3.63) is 29.8 Å². The summed E-state index contributed by atoms with van der Waals surface area (Å²) in [5.41, 5.74) is 7.66. The maximum Gasteiger partial charge on any atom is 0.225 e. The minimum absolute atomic E-state index is 0.209. The summed E-state index contributed by atoms with van der Waals surface area (Å²) in [5.74, 6) is 2.54. The maximum atomic E-state index is 13.0. The third-order valence-corrected chi connectivity index (χ3v) is 6.93. The number of piperidine rings is 1. The Bertz CT molecular complexity index is 593. The maximum absolute atomic E-state index is 13.0. The van der Waals surface area contributed by atoms with Gasteiger partial charge in [0.15, 0.2) is 0 Å². The molecule has 1 aromatic carbocycles. The highest BCUT2D eigenvalue weighted by atomic mass is 16.3. The fraction of sp³-hybridized carbons (Fsp3) is 0.667. The molecule has 2 saturated carbocycles. The van der Waals surface area contributed by atoms with Crippen molar-refractivity contribution in [2.24, 2.45) is 23.5 Å². The molecule has 4 nitrogen and oxygen atoms in total. The van der Waals surface area contributed by atoms with Gasteiger partial charge in [0, 0.05) is 25.0 Å². The van der Waals surface area contributed by atoms with Crippen molar-refractivity contribution in [2.45, 2.75) is 56.9 Å². The highest BCUT2D eigenvalue weighted by Gasteiger charge is 2.42. The van der Waals surface area contributed by atoms with E-state index >= 15 is 0 Å². The van der Waals surface area contributed by atoms with Crippen LogP contribution < -0.4 is 5.73 Å². The van der Waals surface area contributed by atoms with E-state index in [1.165, 1.54) is 24.8 Å². The number of phenols is 1. The van der Waals surface area contributed by atoms with Gasteiger partial charge >= 0.3 is 0 Å². The molecule has 1 aromatic rings. The van der Waals surface area contributed by atoms with Crippen LogP contribution in [-0.4, -0.2) is 35.0 Å². The molecule has 3 aliphatic rings. The van der Waals surface area contributed by atoms with Crippen molar-refractivity contribution in [3.8, 4) is 5.75 Å². The lowest BCUT2D eigenvalue weighted by atomic mass is 9.65. The number of nitrogens with two attached hydrogens (primary N) is 1. The fourth-order valence-corrected chi connectivity index (χ4v) is 5.43. The van der Waals surface area contributed by atoms with E-state index in [0.29, 0.717) is 35.5 Å². The molecule has 2 unspecified atom stereocenters. The third-order valence-electron chi connectivity index (χ3n) is 6.93. The molecule has 0 spiro atoms. The molecule has 0 aromatic heterocycles. The molecule has 2 aliphatic carbocycles. The van der Waals surface area contributed by atoms with E-state index in [4.69, 9.17) is 5.73 Å². The number of nitrogens with zero attached hydrogens (tertiary/aromatic N) is 1. The van der Waals surface area contributed by atoms with Gasteiger partial charge in [0.25, 0.3) is 0 Å². The molecule has 4 rings (SSSR count). The molecule has 3 fully saturated rings. The Morgan fingerprint density at radius 1 is 1.00 bits per heavy atom. The van der Waals surface area contributed by atoms with Crippen molar-refractivity contribution in [2.75, 3.05) is 13.1 Å². The molecule has 136 valence electrons. The van der Waals surface area contributed by atoms with Gasteiger partial charge in [-0.15, -0.1) is 0 Å². The van der Waals surface area contributed by atoms with Gasteiger partial charge in [-0.05, 0) is 74.0 Å². The second kappa shape index (κ2) is 6.99. The molecule has 4 heteroatoms. The Kier molecular flexibility index (Phi) is 4.72. The average Bonchev–Trinajstić information content (AvgIpc) is 2.62. The monoisotopic (exact) mass is 342 g/mol. The Balaban J connectivity index is 1.34. The van der Waals surface area contributed by atoms with Crippen LogP contribution in [-0.2, 0) is 4.79 Å². The van der Waals surface area contributed by atoms with E-state index in [1.807, 2.05) is 12.1 Å². The summed E-state index contributed by atoms with van der Waals surface area (Å²) in [7, 11) is 0. The zero-order valence-corrected chi connectivity index (χ0v) is 14.9. The van der Waals surface area contributed by atoms with Crippen molar-refractivity contribution in [1.29, 1.82) is 0 Å². The van der Waals surface area contributed by atoms with Crippen LogP contribution >= 0.6 is 0 Å². The quantitative estimate of drug-likeness (QED) is 0.867. The lowest BCUT2D eigenvalue weighted by Gasteiger charge is -2.45. The molecule has 0 radical (unpaired) electrons. The van der Waals surface area contributed by atoms with Gasteiger partial charge in [-0.3, -0.25) is 4.79 Å². The minimum atomic E-state index is 0.209. The van der Waals surface area contributed by atoms with Gasteiger partial charge in [0.05, 0.1) is 0 Å². The summed E-state index contributed by atoms with van der Waals surface area (Å²) in [4.78, 5) is 15.1. The molecule has 2 bridgehead atoms. The largest absolute Gasteiger partial charge is 0.508 e. The summed E-state index contributed by atoms with van der Waals surface area (Å²) in [5, 5.41) is 9.44. The van der Waals surface area contributed by atoms with Gasteiger partial charge in [-0.1, -0.05) is 18.6 Å². The molecule has 2 atom stereocenters. The van der Waals surface area contributed by atoms with Gasteiger partial charge < -0.3 is 15.7 Å². The molecule has 25 heavy (non-hydrogen) atoms. The van der Waals surface area contributed by atoms with Crippen LogP contribution in [0.4, 0.5) is 0 Å². The molecule has 1 amide bonds. The standard InChI is InChI=1S/C21H30N2O2/c22-20-16-2-1-3-17(20)13-18(12-16)21(25)23-10-8-15(9-11-23)14-4-6-19(24)7-5-14/h4-7,15-18,20,24H,1-3,8-13,22H2. The summed E-state index contributed by atoms with van der Waals surface area (Å²) in [6, 6.07) is 7.88. The predicted molar refractivity (Wildman–Crippen MR) is 98.2 cm³/mol. The number of likely N-dealkylation sites (tertiary alicyclic amines) is 1. The van der Waals surface area contributed by atoms with Crippen LogP contribution in [0.15, 0.2) is 24.3 Å². The first kappa shape index (κ1) is 16.9. The summed E-state index contributed by atoms with van der Waals surface area (Å²) >= 11 is 0. The Hall–Kier alpha value is -1.55. The number of hydrogen-bond donors (Lipinski definition) is 2. The second-order valence-electron chi connectivity index (χ2n) is 8.39. The number of benzene rings is 1. The molecule has 1 aliphatic heterocycles. The normalized spacial score (nSPS) is 33.2. The van der Waals surface area contributed by atoms with Crippen molar-refractivity contribution in [3.63, 3.8) is 0 Å². The molecule has 3 N–H and O–H groups in total. The van der Waals surface area contributed by atoms with Crippen LogP contribution in [0.5, 0.6) is 5.75 Å². The SMILES string of the molecule is NC1C2CCCC1CC(C(=O)N1CCC(c3ccc(O)cc3)CC1)C2. The highest BCUT2D eigenvalue weighted by molar-refractivity contribution is 5.79. The average molecular weight is 342 g/mol. The molecular weight excluding hydrogens is 312 g/mol. The molecule has 1 saturated heterocycles. The van der Waals surface area contributed by atoms with E-state index in [9.17, 15) is 9.90 Å². The van der Waals surface area contributed by atoms with Gasteiger partial charge in [-0.25, -0.2) is 0 Å². The number of carbonyl (C=O) groups is 1. The van der Waals surface area contributed by atoms with Crippen LogP contribution in [0.2, 0.25) is 0 Å². The van der Waals surface area contributed by atoms with Crippen LogP contribution in [0.1, 0.15) is 56.4 Å². The van der Waals surface area contributed by atoms with Crippen LogP contribution in [0.3, 0.4) is 0 Å². The van der Waals surface area contributed by atoms with E-state index < -0.39 is 0 Å². The predicted octanol–water partition coefficient (Wildman–Crippen LogP) is 3.25. The highest BCUT2D eigenvalue weighted by Crippen LogP contribution is 2.43. The van der Waals surface area contributed by atoms with E-state index in [0.717, 1.165) is 38.8 Å². The summed E-state index contributed by atoms with van der Waals surface area (Å²) < 4.78 is 0. The Morgan fingerprint density at radius 3 is 2.20 bits per heavy atom. The third kappa shape index (κ3) is 3.41. The van der Waals surface area contributed by atoms with Gasteiger partial charge in [0.1, 0.15) is 5.75 Å². The number of hydrogen-bond acceptors (Lipinski definition) is 3. The fourth-order valence-electron chi connectivity index (χ4n) is 5.43. The first-order chi connectivity index (χ1) is 12.1. The van der Waals surface area contributed by atoms with Gasteiger partial charge in [0.2, 0.25) is 5.91 Å². The Labute approximate surface area is 150 Å². The van der Waals surface area contributed by atoms with Crippen molar-refractivity contribution >= 4 is 5.91 Å². The number of fused-ring (bicyclic) bond motifs is 2. The van der Waals surface area contributed by atoms with Gasteiger partial charge in [-0.2, -0.15) is 0 Å². The second-order valence-corrected chi connectivity index (χ2v) is 8.39. The first-order valence-electron chi connectivity index (χ1n) is 9.95. The van der Waals surface area contributed by atoms with Crippen LogP contribution in [0, 0.1) is 17.8 Å². The Morgan fingerprint density at radius 2 is 1.60 bits per heavy atom. The van der Waals surface area contributed by atoms with E-state index in [1.54, 1.807) is 12.1 Å². The summed E-state index contributed by atoms with van der Waals surface area (Å²) in [6.45, 7) is 1.73. The zero-order chi connectivity index (χ0) is 17.4.